The molecule has 7 nitrogen and oxygen atoms in total. The lowest BCUT2D eigenvalue weighted by atomic mass is 10.1. The lowest BCUT2D eigenvalue weighted by molar-refractivity contribution is 0.0889. The van der Waals surface area contributed by atoms with Gasteiger partial charge < -0.3 is 14.5 Å². The first kappa shape index (κ1) is 20.4. The average molecular weight is 429 g/mol. The summed E-state index contributed by atoms with van der Waals surface area (Å²) in [5.74, 6) is 1.09. The quantitative estimate of drug-likeness (QED) is 0.652. The molecule has 8 heteroatoms. The maximum Gasteiger partial charge on any atom is 0.287 e. The molecule has 1 saturated heterocycles. The highest BCUT2D eigenvalue weighted by atomic mass is 32.2. The Labute approximate surface area is 175 Å². The summed E-state index contributed by atoms with van der Waals surface area (Å²) < 4.78 is 36.3. The molecule has 0 aliphatic carbocycles. The SMILES string of the molecule is CS(=O)(=O)N1CCCC(NC(=O)c2ccc(COc3ccc4ccccc4c3)o2)C1. The van der Waals surface area contributed by atoms with Crippen LogP contribution in [0.15, 0.2) is 59.0 Å². The van der Waals surface area contributed by atoms with Gasteiger partial charge >= 0.3 is 0 Å². The van der Waals surface area contributed by atoms with E-state index in [1.807, 2.05) is 42.5 Å². The molecule has 1 amide bonds. The number of sulfonamides is 1. The fourth-order valence-corrected chi connectivity index (χ4v) is 4.52. The fourth-order valence-electron chi connectivity index (χ4n) is 3.61. The highest BCUT2D eigenvalue weighted by Crippen LogP contribution is 2.22. The van der Waals surface area contributed by atoms with Gasteiger partial charge in [0, 0.05) is 19.1 Å². The first-order valence-corrected chi connectivity index (χ1v) is 11.7. The summed E-state index contributed by atoms with van der Waals surface area (Å²) in [5.41, 5.74) is 0. The van der Waals surface area contributed by atoms with Crippen LogP contribution in [0, 0.1) is 0 Å². The van der Waals surface area contributed by atoms with Crippen LogP contribution in [-0.4, -0.2) is 44.0 Å². The summed E-state index contributed by atoms with van der Waals surface area (Å²) in [4.78, 5) is 12.5. The number of rotatable bonds is 6. The van der Waals surface area contributed by atoms with Crippen molar-refractivity contribution in [3.63, 3.8) is 0 Å². The number of carbonyl (C=O) groups is 1. The van der Waals surface area contributed by atoms with Gasteiger partial charge in [-0.25, -0.2) is 12.7 Å². The monoisotopic (exact) mass is 428 g/mol. The normalized spacial score (nSPS) is 17.7. The van der Waals surface area contributed by atoms with Gasteiger partial charge in [0.05, 0.1) is 6.26 Å². The summed E-state index contributed by atoms with van der Waals surface area (Å²) in [6.07, 6.45) is 2.63. The molecule has 1 atom stereocenters. The van der Waals surface area contributed by atoms with Crippen LogP contribution in [0.4, 0.5) is 0 Å². The Bertz CT molecular complexity index is 1160. The smallest absolute Gasteiger partial charge is 0.287 e. The van der Waals surface area contributed by atoms with E-state index >= 15 is 0 Å². The van der Waals surface area contributed by atoms with Gasteiger partial charge in [0.25, 0.3) is 5.91 Å². The Morgan fingerprint density at radius 2 is 1.97 bits per heavy atom. The molecule has 4 rings (SSSR count). The lowest BCUT2D eigenvalue weighted by Gasteiger charge is -2.31. The zero-order chi connectivity index (χ0) is 21.1. The number of nitrogens with one attached hydrogen (secondary N) is 1. The molecule has 2 aromatic carbocycles. The van der Waals surface area contributed by atoms with Gasteiger partial charge in [-0.3, -0.25) is 4.79 Å². The maximum absolute atomic E-state index is 12.5. The van der Waals surface area contributed by atoms with Crippen LogP contribution in [0.25, 0.3) is 10.8 Å². The molecule has 30 heavy (non-hydrogen) atoms. The van der Waals surface area contributed by atoms with Crippen molar-refractivity contribution in [3.05, 3.63) is 66.1 Å². The third-order valence-electron chi connectivity index (χ3n) is 5.18. The number of furan rings is 1. The highest BCUT2D eigenvalue weighted by molar-refractivity contribution is 7.88. The molecule has 158 valence electrons. The van der Waals surface area contributed by atoms with E-state index < -0.39 is 10.0 Å². The van der Waals surface area contributed by atoms with Crippen molar-refractivity contribution in [2.75, 3.05) is 19.3 Å². The molecular weight excluding hydrogens is 404 g/mol. The third-order valence-corrected chi connectivity index (χ3v) is 6.45. The minimum atomic E-state index is -3.26. The van der Waals surface area contributed by atoms with E-state index in [0.717, 1.165) is 22.9 Å². The molecule has 1 fully saturated rings. The Morgan fingerprint density at radius 3 is 2.77 bits per heavy atom. The standard InChI is InChI=1S/C22H24N2O5S/c1-30(26,27)24-12-4-7-18(14-24)23-22(25)21-11-10-20(29-21)15-28-19-9-8-16-5-2-3-6-17(16)13-19/h2-3,5-6,8-11,13,18H,4,7,12,14-15H2,1H3,(H,23,25). The van der Waals surface area contributed by atoms with Crippen molar-refractivity contribution in [2.45, 2.75) is 25.5 Å². The van der Waals surface area contributed by atoms with E-state index in [1.165, 1.54) is 10.6 Å². The van der Waals surface area contributed by atoms with E-state index in [-0.39, 0.29) is 30.9 Å². The first-order valence-electron chi connectivity index (χ1n) is 9.85. The van der Waals surface area contributed by atoms with Crippen molar-refractivity contribution in [1.82, 2.24) is 9.62 Å². The Morgan fingerprint density at radius 1 is 1.17 bits per heavy atom. The number of benzene rings is 2. The minimum Gasteiger partial charge on any atom is -0.486 e. The van der Waals surface area contributed by atoms with Crippen LogP contribution in [0.3, 0.4) is 0 Å². The molecular formula is C22H24N2O5S. The van der Waals surface area contributed by atoms with Crippen LogP contribution < -0.4 is 10.1 Å². The van der Waals surface area contributed by atoms with E-state index in [4.69, 9.17) is 9.15 Å². The van der Waals surface area contributed by atoms with Crippen LogP contribution in [-0.2, 0) is 16.6 Å². The van der Waals surface area contributed by atoms with E-state index in [0.29, 0.717) is 18.7 Å². The van der Waals surface area contributed by atoms with Crippen LogP contribution in [0.1, 0.15) is 29.2 Å². The molecule has 0 spiro atoms. The number of ether oxygens (including phenoxy) is 1. The molecule has 1 aliphatic heterocycles. The zero-order valence-corrected chi connectivity index (χ0v) is 17.5. The number of piperidine rings is 1. The Hall–Kier alpha value is -2.84. The van der Waals surface area contributed by atoms with Crippen molar-refractivity contribution < 1.29 is 22.4 Å². The van der Waals surface area contributed by atoms with Crippen molar-refractivity contribution in [3.8, 4) is 5.75 Å². The topological polar surface area (TPSA) is 88.9 Å². The first-order chi connectivity index (χ1) is 14.4. The molecule has 3 aromatic rings. The number of nitrogens with zero attached hydrogens (tertiary/aromatic N) is 1. The number of carbonyl (C=O) groups excluding carboxylic acids is 1. The third kappa shape index (κ3) is 4.83. The van der Waals surface area contributed by atoms with Gasteiger partial charge in [-0.05, 0) is 47.9 Å². The van der Waals surface area contributed by atoms with Crippen molar-refractivity contribution in [1.29, 1.82) is 0 Å². The number of hydrogen-bond acceptors (Lipinski definition) is 5. The second-order valence-electron chi connectivity index (χ2n) is 7.50. The summed E-state index contributed by atoms with van der Waals surface area (Å²) in [7, 11) is -3.26. The summed E-state index contributed by atoms with van der Waals surface area (Å²) in [6, 6.07) is 17.0. The predicted octanol–water partition coefficient (Wildman–Crippen LogP) is 3.17. The van der Waals surface area contributed by atoms with Gasteiger partial charge in [0.15, 0.2) is 5.76 Å². The molecule has 2 heterocycles. The van der Waals surface area contributed by atoms with Gasteiger partial charge in [-0.1, -0.05) is 30.3 Å². The molecule has 0 bridgehead atoms. The lowest BCUT2D eigenvalue weighted by Crippen LogP contribution is -2.49. The predicted molar refractivity (Wildman–Crippen MR) is 114 cm³/mol. The van der Waals surface area contributed by atoms with E-state index in [9.17, 15) is 13.2 Å². The van der Waals surface area contributed by atoms with Crippen molar-refractivity contribution in [2.24, 2.45) is 0 Å². The van der Waals surface area contributed by atoms with Gasteiger partial charge in [-0.15, -0.1) is 0 Å². The van der Waals surface area contributed by atoms with Crippen LogP contribution in [0.5, 0.6) is 5.75 Å². The van der Waals surface area contributed by atoms with Crippen LogP contribution in [0.2, 0.25) is 0 Å². The number of fused-ring (bicyclic) bond motifs is 1. The molecule has 0 radical (unpaired) electrons. The summed E-state index contributed by atoms with van der Waals surface area (Å²) in [5, 5.41) is 5.09. The minimum absolute atomic E-state index is 0.184. The largest absolute Gasteiger partial charge is 0.486 e. The number of amides is 1. The molecule has 1 N–H and O–H groups in total. The van der Waals surface area contributed by atoms with Gasteiger partial charge in [0.2, 0.25) is 10.0 Å². The second kappa shape index (κ2) is 8.49. The van der Waals surface area contributed by atoms with Gasteiger partial charge in [0.1, 0.15) is 18.1 Å². The van der Waals surface area contributed by atoms with E-state index in [1.54, 1.807) is 12.1 Å². The summed E-state index contributed by atoms with van der Waals surface area (Å²) in [6.45, 7) is 0.975. The molecule has 0 saturated carbocycles. The van der Waals surface area contributed by atoms with Gasteiger partial charge in [-0.2, -0.15) is 0 Å². The molecule has 1 aromatic heterocycles. The Kier molecular flexibility index (Phi) is 5.78. The highest BCUT2D eigenvalue weighted by Gasteiger charge is 2.27. The van der Waals surface area contributed by atoms with E-state index in [2.05, 4.69) is 5.32 Å². The zero-order valence-electron chi connectivity index (χ0n) is 16.7. The summed E-state index contributed by atoms with van der Waals surface area (Å²) >= 11 is 0. The number of hydrogen-bond donors (Lipinski definition) is 1. The Balaban J connectivity index is 1.34. The fraction of sp³-hybridized carbons (Fsp3) is 0.318. The van der Waals surface area contributed by atoms with Crippen LogP contribution >= 0.6 is 0 Å². The van der Waals surface area contributed by atoms with Crippen molar-refractivity contribution >= 4 is 26.7 Å². The molecule has 1 aliphatic rings. The maximum atomic E-state index is 12.5. The second-order valence-corrected chi connectivity index (χ2v) is 9.48. The average Bonchev–Trinajstić information content (AvgIpc) is 3.21. The molecule has 1 unspecified atom stereocenters.